The van der Waals surface area contributed by atoms with Gasteiger partial charge < -0.3 is 20.3 Å². The van der Waals surface area contributed by atoms with Gasteiger partial charge in [-0.2, -0.15) is 0 Å². The zero-order chi connectivity index (χ0) is 24.9. The van der Waals surface area contributed by atoms with E-state index in [-0.39, 0.29) is 37.2 Å². The van der Waals surface area contributed by atoms with Crippen molar-refractivity contribution < 1.29 is 28.7 Å². The summed E-state index contributed by atoms with van der Waals surface area (Å²) in [6, 6.07) is 3.20. The van der Waals surface area contributed by atoms with E-state index in [2.05, 4.69) is 17.6 Å². The summed E-state index contributed by atoms with van der Waals surface area (Å²) in [5.41, 5.74) is 1.35. The molecule has 5 rings (SSSR count). The van der Waals surface area contributed by atoms with E-state index < -0.39 is 41.2 Å². The molecule has 3 amide bonds. The van der Waals surface area contributed by atoms with Crippen LogP contribution in [0.25, 0.3) is 0 Å². The number of hydrogen-bond donors (Lipinski definition) is 2. The van der Waals surface area contributed by atoms with Gasteiger partial charge >= 0.3 is 0 Å². The standard InChI is InChI=1S/C25H28ClN3O6/c1-12-2-4-13(5-3-12)20(25(34)29-10-16(26)22-21(29)19(31)11-35-22)28-23(32)14-6-7-17-15(8-14)9-18(30)24(33)27-17/h6-8,12-13,16,20-22H,2-5,9-11H2,1H3,(H,27,33)(H,28,32)/t12?,13?,16-,20-,21+,22+/m0/s1. The number of Topliss-reactive ketones (excluding diaryl/α,β-unsaturated/α-hetero) is 2. The molecule has 1 saturated carbocycles. The third kappa shape index (κ3) is 4.47. The van der Waals surface area contributed by atoms with Gasteiger partial charge in [0.25, 0.3) is 11.8 Å². The second-order valence-electron chi connectivity index (χ2n) is 10.1. The van der Waals surface area contributed by atoms with Gasteiger partial charge in [0.15, 0.2) is 5.78 Å². The SMILES string of the molecule is CC1CCC([C@H](NC(=O)c2ccc3c(c2)CC(=O)C(=O)N3)C(=O)N2C[C@H](Cl)[C@H]3OCC(=O)[C@H]32)CC1. The number of benzene rings is 1. The third-order valence-electron chi connectivity index (χ3n) is 7.71. The van der Waals surface area contributed by atoms with Crippen LogP contribution in [-0.4, -0.2) is 70.9 Å². The molecule has 4 aliphatic rings. The van der Waals surface area contributed by atoms with Gasteiger partial charge in [0.2, 0.25) is 11.7 Å². The van der Waals surface area contributed by atoms with Crippen molar-refractivity contribution in [3.63, 3.8) is 0 Å². The summed E-state index contributed by atoms with van der Waals surface area (Å²) in [6.07, 6.45) is 2.89. The van der Waals surface area contributed by atoms with E-state index in [1.807, 2.05) is 0 Å². The van der Waals surface area contributed by atoms with E-state index in [4.69, 9.17) is 16.3 Å². The average molecular weight is 502 g/mol. The predicted molar refractivity (Wildman–Crippen MR) is 126 cm³/mol. The smallest absolute Gasteiger partial charge is 0.292 e. The summed E-state index contributed by atoms with van der Waals surface area (Å²) in [4.78, 5) is 64.5. The van der Waals surface area contributed by atoms with Crippen LogP contribution in [0.4, 0.5) is 5.69 Å². The van der Waals surface area contributed by atoms with Gasteiger partial charge in [-0.25, -0.2) is 0 Å². The van der Waals surface area contributed by atoms with Gasteiger partial charge in [0.05, 0.1) is 5.38 Å². The number of carbonyl (C=O) groups is 5. The van der Waals surface area contributed by atoms with Crippen LogP contribution in [0.1, 0.15) is 48.5 Å². The molecule has 4 atom stereocenters. The maximum absolute atomic E-state index is 13.8. The number of nitrogens with zero attached hydrogens (tertiary/aromatic N) is 1. The Morgan fingerprint density at radius 2 is 1.91 bits per heavy atom. The fourth-order valence-corrected chi connectivity index (χ4v) is 6.04. The second-order valence-corrected chi connectivity index (χ2v) is 10.7. The topological polar surface area (TPSA) is 122 Å². The van der Waals surface area contributed by atoms with Crippen LogP contribution in [0, 0.1) is 11.8 Å². The van der Waals surface area contributed by atoms with Crippen LogP contribution in [0.5, 0.6) is 0 Å². The zero-order valence-corrected chi connectivity index (χ0v) is 20.2. The lowest BCUT2D eigenvalue weighted by Gasteiger charge is -2.35. The summed E-state index contributed by atoms with van der Waals surface area (Å²) in [5.74, 6) is -1.67. The highest BCUT2D eigenvalue weighted by molar-refractivity contribution is 6.42. The van der Waals surface area contributed by atoms with Crippen molar-refractivity contribution in [2.75, 3.05) is 18.5 Å². The lowest BCUT2D eigenvalue weighted by Crippen LogP contribution is -2.55. The number of alkyl halides is 1. The Bertz CT molecular complexity index is 1100. The summed E-state index contributed by atoms with van der Waals surface area (Å²) in [5, 5.41) is 4.97. The van der Waals surface area contributed by atoms with Gasteiger partial charge in [0.1, 0.15) is 24.8 Å². The number of rotatable bonds is 4. The summed E-state index contributed by atoms with van der Waals surface area (Å²) >= 11 is 6.40. The number of amides is 3. The van der Waals surface area contributed by atoms with E-state index >= 15 is 0 Å². The fourth-order valence-electron chi connectivity index (χ4n) is 5.68. The molecular formula is C25H28ClN3O6. The molecule has 0 unspecified atom stereocenters. The Labute approximate surface area is 207 Å². The van der Waals surface area contributed by atoms with E-state index in [1.165, 1.54) is 4.90 Å². The molecule has 3 heterocycles. The number of halogens is 1. The van der Waals surface area contributed by atoms with Crippen molar-refractivity contribution in [1.29, 1.82) is 0 Å². The number of carbonyl (C=O) groups excluding carboxylic acids is 5. The zero-order valence-electron chi connectivity index (χ0n) is 19.4. The third-order valence-corrected chi connectivity index (χ3v) is 8.10. The Kier molecular flexibility index (Phi) is 6.40. The van der Waals surface area contributed by atoms with Crippen LogP contribution in [0.2, 0.25) is 0 Å². The van der Waals surface area contributed by atoms with Crippen molar-refractivity contribution >= 4 is 46.6 Å². The first-order valence-electron chi connectivity index (χ1n) is 12.1. The second kappa shape index (κ2) is 9.35. The first kappa shape index (κ1) is 23.9. The molecule has 3 aliphatic heterocycles. The molecule has 0 aromatic heterocycles. The highest BCUT2D eigenvalue weighted by Gasteiger charge is 2.53. The summed E-state index contributed by atoms with van der Waals surface area (Å²) in [7, 11) is 0. The summed E-state index contributed by atoms with van der Waals surface area (Å²) in [6.45, 7) is 2.30. The van der Waals surface area contributed by atoms with Crippen LogP contribution in [0.15, 0.2) is 18.2 Å². The van der Waals surface area contributed by atoms with Crippen molar-refractivity contribution in [3.8, 4) is 0 Å². The number of anilines is 1. The Balaban J connectivity index is 1.39. The van der Waals surface area contributed by atoms with Crippen LogP contribution in [-0.2, 0) is 30.3 Å². The Hall–Kier alpha value is -2.78. The molecule has 9 nitrogen and oxygen atoms in total. The number of likely N-dealkylation sites (tertiary alicyclic amines) is 1. The molecule has 1 aliphatic carbocycles. The molecule has 1 aromatic rings. The first-order chi connectivity index (χ1) is 16.7. The molecule has 0 spiro atoms. The minimum Gasteiger partial charge on any atom is -0.366 e. The quantitative estimate of drug-likeness (QED) is 0.476. The van der Waals surface area contributed by atoms with E-state index in [9.17, 15) is 24.0 Å². The highest BCUT2D eigenvalue weighted by atomic mass is 35.5. The largest absolute Gasteiger partial charge is 0.366 e. The molecule has 2 N–H and O–H groups in total. The van der Waals surface area contributed by atoms with Gasteiger partial charge in [0, 0.05) is 24.2 Å². The minimum atomic E-state index is -0.802. The molecule has 10 heteroatoms. The van der Waals surface area contributed by atoms with Gasteiger partial charge in [-0.15, -0.1) is 11.6 Å². The van der Waals surface area contributed by atoms with Gasteiger partial charge in [-0.3, -0.25) is 24.0 Å². The Morgan fingerprint density at radius 1 is 1.17 bits per heavy atom. The van der Waals surface area contributed by atoms with Crippen molar-refractivity contribution in [3.05, 3.63) is 29.3 Å². The molecule has 186 valence electrons. The molecule has 2 saturated heterocycles. The molecule has 0 bridgehead atoms. The monoisotopic (exact) mass is 501 g/mol. The number of ketones is 2. The maximum Gasteiger partial charge on any atom is 0.292 e. The molecular weight excluding hydrogens is 474 g/mol. The lowest BCUT2D eigenvalue weighted by atomic mass is 9.78. The lowest BCUT2D eigenvalue weighted by molar-refractivity contribution is -0.139. The Morgan fingerprint density at radius 3 is 2.66 bits per heavy atom. The van der Waals surface area contributed by atoms with Crippen LogP contribution >= 0.6 is 11.6 Å². The van der Waals surface area contributed by atoms with Crippen molar-refractivity contribution in [2.45, 2.75) is 62.6 Å². The fraction of sp³-hybridized carbons (Fsp3) is 0.560. The molecule has 3 fully saturated rings. The predicted octanol–water partition coefficient (Wildman–Crippen LogP) is 1.46. The number of ether oxygens (including phenoxy) is 1. The number of nitrogens with one attached hydrogen (secondary N) is 2. The number of fused-ring (bicyclic) bond motifs is 2. The van der Waals surface area contributed by atoms with Crippen molar-refractivity contribution in [1.82, 2.24) is 10.2 Å². The normalized spacial score (nSPS) is 31.0. The van der Waals surface area contributed by atoms with Gasteiger partial charge in [-0.05, 0) is 48.4 Å². The molecule has 35 heavy (non-hydrogen) atoms. The average Bonchev–Trinajstić information content (AvgIpc) is 3.38. The molecule has 0 radical (unpaired) electrons. The molecule has 1 aromatic carbocycles. The van der Waals surface area contributed by atoms with E-state index in [0.717, 1.165) is 25.7 Å². The highest BCUT2D eigenvalue weighted by Crippen LogP contribution is 2.35. The van der Waals surface area contributed by atoms with Crippen molar-refractivity contribution in [2.24, 2.45) is 11.8 Å². The first-order valence-corrected chi connectivity index (χ1v) is 12.5. The van der Waals surface area contributed by atoms with E-state index in [0.29, 0.717) is 22.7 Å². The van der Waals surface area contributed by atoms with E-state index in [1.54, 1.807) is 18.2 Å². The van der Waals surface area contributed by atoms with Crippen LogP contribution < -0.4 is 10.6 Å². The van der Waals surface area contributed by atoms with Gasteiger partial charge in [-0.1, -0.05) is 19.8 Å². The summed E-state index contributed by atoms with van der Waals surface area (Å²) < 4.78 is 5.52. The maximum atomic E-state index is 13.8. The number of hydrogen-bond acceptors (Lipinski definition) is 6. The van der Waals surface area contributed by atoms with Crippen LogP contribution in [0.3, 0.4) is 0 Å². The minimum absolute atomic E-state index is 0.0635.